The summed E-state index contributed by atoms with van der Waals surface area (Å²) in [6.07, 6.45) is 1.86. The summed E-state index contributed by atoms with van der Waals surface area (Å²) < 4.78 is 5.23. The third kappa shape index (κ3) is 3.49. The van der Waals surface area contributed by atoms with Crippen molar-refractivity contribution in [3.63, 3.8) is 0 Å². The SMILES string of the molecule is C/C=N\CCN1CCOCC1. The van der Waals surface area contributed by atoms with Gasteiger partial charge in [-0.3, -0.25) is 9.89 Å². The van der Waals surface area contributed by atoms with E-state index in [0.717, 1.165) is 39.4 Å². The minimum Gasteiger partial charge on any atom is -0.379 e. The summed E-state index contributed by atoms with van der Waals surface area (Å²) >= 11 is 0. The molecule has 0 spiro atoms. The standard InChI is InChI=1S/C8H16N2O/c1-2-9-3-4-10-5-7-11-8-6-10/h2H,3-8H2,1H3/b9-2-. The zero-order valence-corrected chi connectivity index (χ0v) is 7.12. The van der Waals surface area contributed by atoms with Crippen molar-refractivity contribution >= 4 is 6.21 Å². The smallest absolute Gasteiger partial charge is 0.0594 e. The fraction of sp³-hybridized carbons (Fsp3) is 0.875. The Kier molecular flexibility index (Phi) is 4.16. The lowest BCUT2D eigenvalue weighted by Gasteiger charge is -2.25. The van der Waals surface area contributed by atoms with E-state index in [2.05, 4.69) is 9.89 Å². The van der Waals surface area contributed by atoms with E-state index in [4.69, 9.17) is 4.74 Å². The molecule has 1 aliphatic rings. The Balaban J connectivity index is 2.04. The minimum absolute atomic E-state index is 0.885. The predicted octanol–water partition coefficient (Wildman–Crippen LogP) is 0.409. The molecule has 1 saturated heterocycles. The van der Waals surface area contributed by atoms with Crippen molar-refractivity contribution in [2.75, 3.05) is 39.4 Å². The van der Waals surface area contributed by atoms with E-state index < -0.39 is 0 Å². The van der Waals surface area contributed by atoms with Gasteiger partial charge in [0.25, 0.3) is 0 Å². The van der Waals surface area contributed by atoms with Gasteiger partial charge in [0.1, 0.15) is 0 Å². The van der Waals surface area contributed by atoms with Crippen LogP contribution in [-0.2, 0) is 4.74 Å². The highest BCUT2D eigenvalue weighted by Gasteiger charge is 2.08. The number of hydrogen-bond donors (Lipinski definition) is 0. The van der Waals surface area contributed by atoms with Crippen LogP contribution in [-0.4, -0.2) is 50.5 Å². The average Bonchev–Trinajstić information content (AvgIpc) is 2.07. The van der Waals surface area contributed by atoms with Crippen molar-refractivity contribution in [1.29, 1.82) is 0 Å². The van der Waals surface area contributed by atoms with Crippen molar-refractivity contribution in [2.24, 2.45) is 4.99 Å². The van der Waals surface area contributed by atoms with E-state index >= 15 is 0 Å². The average molecular weight is 156 g/mol. The van der Waals surface area contributed by atoms with Gasteiger partial charge in [-0.05, 0) is 13.1 Å². The summed E-state index contributed by atoms with van der Waals surface area (Å²) in [6, 6.07) is 0. The fourth-order valence-corrected chi connectivity index (χ4v) is 1.15. The first kappa shape index (κ1) is 8.68. The first-order valence-electron chi connectivity index (χ1n) is 4.18. The molecule has 1 heterocycles. The van der Waals surface area contributed by atoms with Gasteiger partial charge >= 0.3 is 0 Å². The molecule has 0 atom stereocenters. The van der Waals surface area contributed by atoms with E-state index in [1.807, 2.05) is 13.1 Å². The molecule has 0 unspecified atom stereocenters. The van der Waals surface area contributed by atoms with Crippen LogP contribution in [0.3, 0.4) is 0 Å². The monoisotopic (exact) mass is 156 g/mol. The van der Waals surface area contributed by atoms with Crippen molar-refractivity contribution < 1.29 is 4.74 Å². The number of nitrogens with zero attached hydrogens (tertiary/aromatic N) is 2. The first-order chi connectivity index (χ1) is 5.43. The molecule has 0 aliphatic carbocycles. The lowest BCUT2D eigenvalue weighted by Crippen LogP contribution is -2.37. The van der Waals surface area contributed by atoms with Crippen molar-refractivity contribution in [3.05, 3.63) is 0 Å². The third-order valence-corrected chi connectivity index (χ3v) is 1.83. The summed E-state index contributed by atoms with van der Waals surface area (Å²) in [7, 11) is 0. The summed E-state index contributed by atoms with van der Waals surface area (Å²) in [5, 5.41) is 0. The highest BCUT2D eigenvalue weighted by molar-refractivity contribution is 5.53. The number of hydrogen-bond acceptors (Lipinski definition) is 3. The number of aliphatic imine (C=N–C) groups is 1. The van der Waals surface area contributed by atoms with Crippen LogP contribution in [0.15, 0.2) is 4.99 Å². The molecule has 0 aromatic rings. The summed E-state index contributed by atoms with van der Waals surface area (Å²) in [6.45, 7) is 7.87. The second-order valence-electron chi connectivity index (χ2n) is 2.62. The van der Waals surface area contributed by atoms with Gasteiger partial charge in [0.2, 0.25) is 0 Å². The Hall–Kier alpha value is -0.410. The molecule has 1 aliphatic heterocycles. The van der Waals surface area contributed by atoms with E-state index in [9.17, 15) is 0 Å². The Morgan fingerprint density at radius 3 is 2.82 bits per heavy atom. The van der Waals surface area contributed by atoms with Gasteiger partial charge in [-0.25, -0.2) is 0 Å². The molecule has 0 bridgehead atoms. The molecule has 0 radical (unpaired) electrons. The summed E-state index contributed by atoms with van der Waals surface area (Å²) in [5.41, 5.74) is 0. The second kappa shape index (κ2) is 5.27. The van der Waals surface area contributed by atoms with Crippen LogP contribution in [0.4, 0.5) is 0 Å². The van der Waals surface area contributed by atoms with Crippen LogP contribution in [0, 0.1) is 0 Å². The normalized spacial score (nSPS) is 21.2. The Morgan fingerprint density at radius 1 is 1.45 bits per heavy atom. The van der Waals surface area contributed by atoms with Gasteiger partial charge in [0, 0.05) is 19.6 Å². The summed E-state index contributed by atoms with van der Waals surface area (Å²) in [4.78, 5) is 6.54. The molecule has 1 fully saturated rings. The molecule has 0 N–H and O–H groups in total. The summed E-state index contributed by atoms with van der Waals surface area (Å²) in [5.74, 6) is 0. The maximum absolute atomic E-state index is 5.23. The zero-order valence-electron chi connectivity index (χ0n) is 7.12. The van der Waals surface area contributed by atoms with Crippen LogP contribution in [0.5, 0.6) is 0 Å². The Labute approximate surface area is 68.1 Å². The van der Waals surface area contributed by atoms with Crippen molar-refractivity contribution in [2.45, 2.75) is 6.92 Å². The highest BCUT2D eigenvalue weighted by Crippen LogP contribution is 1.95. The third-order valence-electron chi connectivity index (χ3n) is 1.83. The van der Waals surface area contributed by atoms with Gasteiger partial charge in [-0.1, -0.05) is 0 Å². The lowest BCUT2D eigenvalue weighted by atomic mass is 10.4. The topological polar surface area (TPSA) is 24.8 Å². The van der Waals surface area contributed by atoms with Gasteiger partial charge in [0.05, 0.1) is 19.8 Å². The van der Waals surface area contributed by atoms with Gasteiger partial charge in [-0.2, -0.15) is 0 Å². The van der Waals surface area contributed by atoms with Crippen LogP contribution in [0.1, 0.15) is 6.92 Å². The largest absolute Gasteiger partial charge is 0.379 e. The molecule has 3 heteroatoms. The molecule has 0 amide bonds. The zero-order chi connectivity index (χ0) is 7.94. The van der Waals surface area contributed by atoms with E-state index in [-0.39, 0.29) is 0 Å². The van der Waals surface area contributed by atoms with Gasteiger partial charge in [0.15, 0.2) is 0 Å². The maximum atomic E-state index is 5.23. The van der Waals surface area contributed by atoms with E-state index in [1.165, 1.54) is 0 Å². The van der Waals surface area contributed by atoms with Gasteiger partial charge < -0.3 is 4.74 Å². The molecule has 11 heavy (non-hydrogen) atoms. The van der Waals surface area contributed by atoms with E-state index in [1.54, 1.807) is 0 Å². The Morgan fingerprint density at radius 2 is 2.18 bits per heavy atom. The van der Waals surface area contributed by atoms with Crippen molar-refractivity contribution in [1.82, 2.24) is 4.90 Å². The minimum atomic E-state index is 0.885. The molecular formula is C8H16N2O. The quantitative estimate of drug-likeness (QED) is 0.553. The molecular weight excluding hydrogens is 140 g/mol. The van der Waals surface area contributed by atoms with Crippen molar-refractivity contribution in [3.8, 4) is 0 Å². The highest BCUT2D eigenvalue weighted by atomic mass is 16.5. The molecule has 0 aromatic carbocycles. The Bertz CT molecular complexity index is 119. The fourth-order valence-electron chi connectivity index (χ4n) is 1.15. The molecule has 3 nitrogen and oxygen atoms in total. The van der Waals surface area contributed by atoms with Crippen LogP contribution >= 0.6 is 0 Å². The van der Waals surface area contributed by atoms with Gasteiger partial charge in [-0.15, -0.1) is 0 Å². The van der Waals surface area contributed by atoms with E-state index in [0.29, 0.717) is 0 Å². The second-order valence-corrected chi connectivity index (χ2v) is 2.62. The molecule has 1 rings (SSSR count). The molecule has 0 saturated carbocycles. The molecule has 64 valence electrons. The number of rotatable bonds is 3. The van der Waals surface area contributed by atoms with Crippen LogP contribution < -0.4 is 0 Å². The molecule has 0 aromatic heterocycles. The predicted molar refractivity (Wildman–Crippen MR) is 46.3 cm³/mol. The number of ether oxygens (including phenoxy) is 1. The lowest BCUT2D eigenvalue weighted by molar-refractivity contribution is 0.0395. The number of morpholine rings is 1. The maximum Gasteiger partial charge on any atom is 0.0594 e. The van der Waals surface area contributed by atoms with Crippen LogP contribution in [0.25, 0.3) is 0 Å². The van der Waals surface area contributed by atoms with Crippen LogP contribution in [0.2, 0.25) is 0 Å². The first-order valence-corrected chi connectivity index (χ1v) is 4.18.